The van der Waals surface area contributed by atoms with Crippen LogP contribution < -0.4 is 5.73 Å². The molecular formula is C9H9BrFNO. The zero-order valence-electron chi connectivity index (χ0n) is 7.10. The fourth-order valence-electron chi connectivity index (χ4n) is 1.00. The van der Waals surface area contributed by atoms with E-state index in [1.54, 1.807) is 13.0 Å². The van der Waals surface area contributed by atoms with E-state index in [4.69, 9.17) is 5.73 Å². The number of primary amides is 1. The number of carbonyl (C=O) groups excluding carboxylic acids is 1. The number of amides is 1. The minimum atomic E-state index is -0.463. The topological polar surface area (TPSA) is 43.1 Å². The van der Waals surface area contributed by atoms with E-state index in [1.165, 1.54) is 6.07 Å². The summed E-state index contributed by atoms with van der Waals surface area (Å²) in [7, 11) is 0. The highest BCUT2D eigenvalue weighted by atomic mass is 79.9. The molecule has 2 nitrogen and oxygen atoms in total. The summed E-state index contributed by atoms with van der Waals surface area (Å²) in [5.74, 6) is -0.791. The van der Waals surface area contributed by atoms with Crippen LogP contribution >= 0.6 is 15.9 Å². The van der Waals surface area contributed by atoms with Gasteiger partial charge >= 0.3 is 0 Å². The number of nitrogens with two attached hydrogens (primary N) is 1. The zero-order valence-corrected chi connectivity index (χ0v) is 8.69. The molecule has 1 amide bonds. The summed E-state index contributed by atoms with van der Waals surface area (Å²) < 4.78 is 13.8. The highest BCUT2D eigenvalue weighted by Crippen LogP contribution is 2.21. The molecule has 2 N–H and O–H groups in total. The van der Waals surface area contributed by atoms with Crippen molar-refractivity contribution in [3.8, 4) is 0 Å². The van der Waals surface area contributed by atoms with Crippen molar-refractivity contribution >= 4 is 21.8 Å². The Labute approximate surface area is 84.1 Å². The van der Waals surface area contributed by atoms with Crippen molar-refractivity contribution in [1.29, 1.82) is 0 Å². The Hall–Kier alpha value is -0.900. The number of benzene rings is 1. The van der Waals surface area contributed by atoms with E-state index in [0.717, 1.165) is 0 Å². The molecule has 0 saturated heterocycles. The molecule has 0 radical (unpaired) electrons. The summed E-state index contributed by atoms with van der Waals surface area (Å²) in [5, 5.41) is 0. The Kier molecular flexibility index (Phi) is 3.03. The average molecular weight is 246 g/mol. The first kappa shape index (κ1) is 10.2. The van der Waals surface area contributed by atoms with E-state index < -0.39 is 5.91 Å². The van der Waals surface area contributed by atoms with Crippen molar-refractivity contribution in [2.24, 2.45) is 5.73 Å². The molecule has 13 heavy (non-hydrogen) atoms. The van der Waals surface area contributed by atoms with Gasteiger partial charge in [-0.05, 0) is 30.2 Å². The molecule has 0 saturated carbocycles. The summed E-state index contributed by atoms with van der Waals surface area (Å²) in [5.41, 5.74) is 6.11. The van der Waals surface area contributed by atoms with Gasteiger partial charge in [-0.2, -0.15) is 0 Å². The predicted molar refractivity (Wildman–Crippen MR) is 51.7 cm³/mol. The van der Waals surface area contributed by atoms with Gasteiger partial charge in [-0.25, -0.2) is 4.39 Å². The van der Waals surface area contributed by atoms with E-state index >= 15 is 0 Å². The van der Waals surface area contributed by atoms with Crippen LogP contribution in [0.5, 0.6) is 0 Å². The maximum atomic E-state index is 13.1. The van der Waals surface area contributed by atoms with E-state index in [9.17, 15) is 9.18 Å². The fraction of sp³-hybridized carbons (Fsp3) is 0.222. The normalized spacial score (nSPS) is 10.1. The Morgan fingerprint density at radius 2 is 2.23 bits per heavy atom. The summed E-state index contributed by atoms with van der Waals surface area (Å²) in [6.45, 7) is 1.66. The van der Waals surface area contributed by atoms with Crippen LogP contribution in [0.1, 0.15) is 11.1 Å². The van der Waals surface area contributed by atoms with Crippen LogP contribution in [0.4, 0.5) is 4.39 Å². The molecule has 0 aromatic heterocycles. The van der Waals surface area contributed by atoms with E-state index in [-0.39, 0.29) is 12.2 Å². The smallest absolute Gasteiger partial charge is 0.221 e. The van der Waals surface area contributed by atoms with Crippen molar-refractivity contribution in [2.75, 3.05) is 0 Å². The summed E-state index contributed by atoms with van der Waals surface area (Å²) >= 11 is 3.19. The highest BCUT2D eigenvalue weighted by molar-refractivity contribution is 9.10. The zero-order chi connectivity index (χ0) is 10.0. The summed E-state index contributed by atoms with van der Waals surface area (Å²) in [4.78, 5) is 10.6. The molecule has 0 aliphatic carbocycles. The van der Waals surface area contributed by atoms with Crippen molar-refractivity contribution < 1.29 is 9.18 Å². The lowest BCUT2D eigenvalue weighted by Crippen LogP contribution is -2.13. The molecule has 0 fully saturated rings. The van der Waals surface area contributed by atoms with Gasteiger partial charge in [0.05, 0.1) is 6.42 Å². The molecule has 1 aromatic rings. The summed E-state index contributed by atoms with van der Waals surface area (Å²) in [6, 6.07) is 3.02. The second-order valence-electron chi connectivity index (χ2n) is 2.83. The number of hydrogen-bond acceptors (Lipinski definition) is 1. The molecule has 0 aliphatic rings. The molecule has 0 aliphatic heterocycles. The Morgan fingerprint density at radius 3 is 2.69 bits per heavy atom. The maximum absolute atomic E-state index is 13.1. The van der Waals surface area contributed by atoms with Gasteiger partial charge in [0.25, 0.3) is 0 Å². The van der Waals surface area contributed by atoms with Gasteiger partial charge in [0.15, 0.2) is 0 Å². The quantitative estimate of drug-likeness (QED) is 0.851. The molecule has 0 atom stereocenters. The molecule has 1 aromatic carbocycles. The van der Waals surface area contributed by atoms with Crippen molar-refractivity contribution in [1.82, 2.24) is 0 Å². The molecule has 0 spiro atoms. The average Bonchev–Trinajstić information content (AvgIpc) is 1.98. The molecule has 70 valence electrons. The minimum Gasteiger partial charge on any atom is -0.369 e. The number of hydrogen-bond donors (Lipinski definition) is 1. The Morgan fingerprint density at radius 1 is 1.62 bits per heavy atom. The van der Waals surface area contributed by atoms with Gasteiger partial charge < -0.3 is 5.73 Å². The second kappa shape index (κ2) is 3.87. The number of rotatable bonds is 2. The highest BCUT2D eigenvalue weighted by Gasteiger charge is 2.06. The van der Waals surface area contributed by atoms with Gasteiger partial charge in [-0.3, -0.25) is 4.79 Å². The molecule has 0 bridgehead atoms. The van der Waals surface area contributed by atoms with Gasteiger partial charge in [0.2, 0.25) is 5.91 Å². The van der Waals surface area contributed by atoms with Crippen molar-refractivity contribution in [3.05, 3.63) is 33.5 Å². The van der Waals surface area contributed by atoms with Gasteiger partial charge in [0, 0.05) is 4.47 Å². The van der Waals surface area contributed by atoms with E-state index in [0.29, 0.717) is 15.6 Å². The monoisotopic (exact) mass is 245 g/mol. The standard InChI is InChI=1S/C9H9BrFNO/c1-5-7(10)2-6(3-8(5)11)4-9(12)13/h2-3H,4H2,1H3,(H2,12,13). The molecule has 1 rings (SSSR count). The lowest BCUT2D eigenvalue weighted by molar-refractivity contribution is -0.117. The van der Waals surface area contributed by atoms with Crippen LogP contribution in [-0.2, 0) is 11.2 Å². The Bertz CT molecular complexity index is 328. The van der Waals surface area contributed by atoms with Crippen LogP contribution in [0, 0.1) is 12.7 Å². The molecule has 0 heterocycles. The second-order valence-corrected chi connectivity index (χ2v) is 3.68. The lowest BCUT2D eigenvalue weighted by atomic mass is 10.1. The van der Waals surface area contributed by atoms with Gasteiger partial charge in [0.1, 0.15) is 5.82 Å². The third-order valence-electron chi connectivity index (χ3n) is 1.72. The molecular weight excluding hydrogens is 237 g/mol. The third-order valence-corrected chi connectivity index (χ3v) is 2.54. The van der Waals surface area contributed by atoms with Crippen LogP contribution in [0.2, 0.25) is 0 Å². The van der Waals surface area contributed by atoms with Crippen LogP contribution in [0.3, 0.4) is 0 Å². The van der Waals surface area contributed by atoms with Crippen LogP contribution in [0.15, 0.2) is 16.6 Å². The van der Waals surface area contributed by atoms with Gasteiger partial charge in [-0.15, -0.1) is 0 Å². The lowest BCUT2D eigenvalue weighted by Gasteiger charge is -2.03. The van der Waals surface area contributed by atoms with Crippen LogP contribution in [-0.4, -0.2) is 5.91 Å². The van der Waals surface area contributed by atoms with E-state index in [2.05, 4.69) is 15.9 Å². The first-order valence-electron chi connectivity index (χ1n) is 3.73. The summed E-state index contributed by atoms with van der Waals surface area (Å²) in [6.07, 6.45) is 0.0653. The van der Waals surface area contributed by atoms with Crippen molar-refractivity contribution in [3.63, 3.8) is 0 Å². The third kappa shape index (κ3) is 2.52. The first-order valence-corrected chi connectivity index (χ1v) is 4.53. The largest absolute Gasteiger partial charge is 0.369 e. The van der Waals surface area contributed by atoms with Crippen LogP contribution in [0.25, 0.3) is 0 Å². The van der Waals surface area contributed by atoms with E-state index in [1.807, 2.05) is 0 Å². The van der Waals surface area contributed by atoms with Crippen molar-refractivity contribution in [2.45, 2.75) is 13.3 Å². The predicted octanol–water partition coefficient (Wildman–Crippen LogP) is 1.92. The fourth-order valence-corrected chi connectivity index (χ4v) is 1.48. The first-order chi connectivity index (χ1) is 6.00. The minimum absolute atomic E-state index is 0.0653. The SMILES string of the molecule is Cc1c(F)cc(CC(N)=O)cc1Br. The molecule has 0 unspecified atom stereocenters. The maximum Gasteiger partial charge on any atom is 0.221 e. The Balaban J connectivity index is 3.06. The number of carbonyl (C=O) groups is 1. The van der Waals surface area contributed by atoms with Gasteiger partial charge in [-0.1, -0.05) is 15.9 Å². The number of halogens is 2. The molecule has 4 heteroatoms.